The van der Waals surface area contributed by atoms with Gasteiger partial charge in [0.2, 0.25) is 11.8 Å². The predicted molar refractivity (Wildman–Crippen MR) is 152 cm³/mol. The third-order valence-corrected chi connectivity index (χ3v) is 6.32. The lowest BCUT2D eigenvalue weighted by molar-refractivity contribution is -0.115. The molecule has 5 rings (SSSR count). The van der Waals surface area contributed by atoms with Gasteiger partial charge in [-0.25, -0.2) is 4.98 Å². The summed E-state index contributed by atoms with van der Waals surface area (Å²) in [7, 11) is 0. The van der Waals surface area contributed by atoms with Crippen molar-refractivity contribution in [3.05, 3.63) is 100 Å². The number of thiocarbonyl (C=S) groups is 1. The normalized spacial score (nSPS) is 11.2. The molecule has 0 fully saturated rings. The molecule has 0 aliphatic heterocycles. The van der Waals surface area contributed by atoms with Crippen molar-refractivity contribution in [2.24, 2.45) is 0 Å². The number of aromatic nitrogens is 1. The van der Waals surface area contributed by atoms with Crippen LogP contribution in [0.3, 0.4) is 0 Å². The molecule has 6 nitrogen and oxygen atoms in total. The van der Waals surface area contributed by atoms with Crippen molar-refractivity contribution in [2.75, 3.05) is 5.32 Å². The summed E-state index contributed by atoms with van der Waals surface area (Å²) in [5, 5.41) is 7.04. The Labute approximate surface area is 227 Å². The highest BCUT2D eigenvalue weighted by Gasteiger charge is 2.11. The number of hydrogen-bond donors (Lipinski definition) is 2. The third-order valence-electron chi connectivity index (χ3n) is 5.46. The molecule has 2 aromatic heterocycles. The standard InChI is InChI=1S/C28H19Cl2N3O3S/c1-16-2-3-18(14-22(16)30)27-32-23-15-20(8-11-25(23)36-27)31-28(37)33-26(34)13-10-21-9-12-24(35-21)17-4-6-19(29)7-5-17/h2-15H,1H3,(H2,31,33,34,37). The number of anilines is 1. The van der Waals surface area contributed by atoms with Crippen molar-refractivity contribution in [3.63, 3.8) is 0 Å². The number of nitrogens with one attached hydrogen (secondary N) is 2. The maximum Gasteiger partial charge on any atom is 0.250 e. The molecule has 37 heavy (non-hydrogen) atoms. The molecule has 0 radical (unpaired) electrons. The molecule has 0 aliphatic carbocycles. The molecule has 184 valence electrons. The van der Waals surface area contributed by atoms with Crippen LogP contribution in [0.5, 0.6) is 0 Å². The summed E-state index contributed by atoms with van der Waals surface area (Å²) in [6.45, 7) is 1.93. The fourth-order valence-corrected chi connectivity index (χ4v) is 4.06. The number of oxazole rings is 1. The molecule has 0 atom stereocenters. The third kappa shape index (κ3) is 5.91. The first-order valence-corrected chi connectivity index (χ1v) is 12.3. The second-order valence-electron chi connectivity index (χ2n) is 8.15. The van der Waals surface area contributed by atoms with Crippen molar-refractivity contribution in [1.29, 1.82) is 0 Å². The lowest BCUT2D eigenvalue weighted by Gasteiger charge is -2.07. The minimum Gasteiger partial charge on any atom is -0.457 e. The molecule has 0 spiro atoms. The molecule has 0 aliphatic rings. The van der Waals surface area contributed by atoms with Gasteiger partial charge in [-0.3, -0.25) is 10.1 Å². The largest absolute Gasteiger partial charge is 0.457 e. The quantitative estimate of drug-likeness (QED) is 0.172. The number of carbonyl (C=O) groups excluding carboxylic acids is 1. The molecule has 1 amide bonds. The van der Waals surface area contributed by atoms with Crippen LogP contribution in [-0.2, 0) is 4.79 Å². The lowest BCUT2D eigenvalue weighted by atomic mass is 10.1. The number of benzene rings is 3. The predicted octanol–water partition coefficient (Wildman–Crippen LogP) is 7.90. The molecule has 0 unspecified atom stereocenters. The molecule has 0 saturated heterocycles. The summed E-state index contributed by atoms with van der Waals surface area (Å²) >= 11 is 17.4. The van der Waals surface area contributed by atoms with Crippen LogP contribution in [0, 0.1) is 6.92 Å². The van der Waals surface area contributed by atoms with Gasteiger partial charge < -0.3 is 14.2 Å². The number of rotatable bonds is 5. The maximum absolute atomic E-state index is 12.3. The van der Waals surface area contributed by atoms with Gasteiger partial charge in [0.25, 0.3) is 0 Å². The summed E-state index contributed by atoms with van der Waals surface area (Å²) in [5.41, 5.74) is 4.56. The van der Waals surface area contributed by atoms with E-state index in [1.54, 1.807) is 42.5 Å². The number of halogens is 2. The van der Waals surface area contributed by atoms with E-state index in [1.807, 2.05) is 43.3 Å². The number of aryl methyl sites for hydroxylation is 1. The topological polar surface area (TPSA) is 80.3 Å². The van der Waals surface area contributed by atoms with Crippen molar-refractivity contribution < 1.29 is 13.6 Å². The van der Waals surface area contributed by atoms with E-state index < -0.39 is 5.91 Å². The summed E-state index contributed by atoms with van der Waals surface area (Å²) in [6.07, 6.45) is 2.91. The van der Waals surface area contributed by atoms with Crippen molar-refractivity contribution >= 4 is 69.3 Å². The Morgan fingerprint density at radius 1 is 0.946 bits per heavy atom. The number of furan rings is 1. The highest BCUT2D eigenvalue weighted by Crippen LogP contribution is 2.29. The number of nitrogens with zero attached hydrogens (tertiary/aromatic N) is 1. The first-order valence-electron chi connectivity index (χ1n) is 11.2. The fourth-order valence-electron chi connectivity index (χ4n) is 3.54. The maximum atomic E-state index is 12.3. The Morgan fingerprint density at radius 2 is 1.73 bits per heavy atom. The van der Waals surface area contributed by atoms with E-state index >= 15 is 0 Å². The van der Waals surface area contributed by atoms with Gasteiger partial charge in [0.15, 0.2) is 10.7 Å². The van der Waals surface area contributed by atoms with Crippen LogP contribution in [-0.4, -0.2) is 16.0 Å². The van der Waals surface area contributed by atoms with Gasteiger partial charge in [-0.15, -0.1) is 0 Å². The van der Waals surface area contributed by atoms with Gasteiger partial charge in [0.05, 0.1) is 0 Å². The van der Waals surface area contributed by atoms with Crippen LogP contribution in [0.2, 0.25) is 10.0 Å². The van der Waals surface area contributed by atoms with E-state index in [4.69, 9.17) is 44.3 Å². The molecule has 0 saturated carbocycles. The molecular formula is C28H19Cl2N3O3S. The van der Waals surface area contributed by atoms with E-state index in [0.717, 1.165) is 16.7 Å². The van der Waals surface area contributed by atoms with E-state index in [2.05, 4.69) is 15.6 Å². The smallest absolute Gasteiger partial charge is 0.250 e. The highest BCUT2D eigenvalue weighted by atomic mass is 35.5. The van der Waals surface area contributed by atoms with E-state index in [0.29, 0.717) is 44.2 Å². The van der Waals surface area contributed by atoms with Crippen molar-refractivity contribution in [3.8, 4) is 22.8 Å². The minimum absolute atomic E-state index is 0.143. The summed E-state index contributed by atoms with van der Waals surface area (Å²) in [5.74, 6) is 1.27. The first kappa shape index (κ1) is 24.8. The number of carbonyl (C=O) groups is 1. The van der Waals surface area contributed by atoms with Gasteiger partial charge in [0.1, 0.15) is 17.0 Å². The Kier molecular flexibility index (Phi) is 7.10. The summed E-state index contributed by atoms with van der Waals surface area (Å²) < 4.78 is 11.6. The Bertz CT molecular complexity index is 1660. The van der Waals surface area contributed by atoms with Gasteiger partial charge in [0, 0.05) is 32.9 Å². The molecule has 3 aromatic carbocycles. The Balaban J connectivity index is 1.20. The molecule has 5 aromatic rings. The van der Waals surface area contributed by atoms with Gasteiger partial charge in [-0.2, -0.15) is 0 Å². The molecule has 2 N–H and O–H groups in total. The number of fused-ring (bicyclic) bond motifs is 1. The average molecular weight is 548 g/mol. The zero-order chi connectivity index (χ0) is 25.9. The van der Waals surface area contributed by atoms with Crippen LogP contribution in [0.4, 0.5) is 5.69 Å². The highest BCUT2D eigenvalue weighted by molar-refractivity contribution is 7.80. The van der Waals surface area contributed by atoms with Crippen LogP contribution in [0.15, 0.2) is 87.7 Å². The van der Waals surface area contributed by atoms with Crippen molar-refractivity contribution in [1.82, 2.24) is 10.3 Å². The second-order valence-corrected chi connectivity index (χ2v) is 9.40. The molecule has 9 heteroatoms. The second kappa shape index (κ2) is 10.6. The van der Waals surface area contributed by atoms with E-state index in [-0.39, 0.29) is 5.11 Å². The SMILES string of the molecule is Cc1ccc(-c2nc3cc(NC(=S)NC(=O)C=Cc4ccc(-c5ccc(Cl)cc5)o4)ccc3o2)cc1Cl. The fraction of sp³-hybridized carbons (Fsp3) is 0.0357. The Hall–Kier alpha value is -3.91. The van der Waals surface area contributed by atoms with Crippen molar-refractivity contribution in [2.45, 2.75) is 6.92 Å². The van der Waals surface area contributed by atoms with E-state index in [1.165, 1.54) is 6.08 Å². The van der Waals surface area contributed by atoms with Crippen LogP contribution < -0.4 is 10.6 Å². The zero-order valence-electron chi connectivity index (χ0n) is 19.4. The number of amides is 1. The van der Waals surface area contributed by atoms with E-state index in [9.17, 15) is 4.79 Å². The summed E-state index contributed by atoms with van der Waals surface area (Å²) in [4.78, 5) is 16.9. The molecule has 2 heterocycles. The van der Waals surface area contributed by atoms with Gasteiger partial charge in [-0.05, 0) is 97.5 Å². The first-order chi connectivity index (χ1) is 17.8. The van der Waals surface area contributed by atoms with Crippen LogP contribution in [0.25, 0.3) is 40.0 Å². The summed E-state index contributed by atoms with van der Waals surface area (Å²) in [6, 6.07) is 21.9. The average Bonchev–Trinajstić information content (AvgIpc) is 3.52. The lowest BCUT2D eigenvalue weighted by Crippen LogP contribution is -2.32. The van der Waals surface area contributed by atoms with Crippen LogP contribution in [0.1, 0.15) is 11.3 Å². The minimum atomic E-state index is -0.400. The Morgan fingerprint density at radius 3 is 2.51 bits per heavy atom. The van der Waals surface area contributed by atoms with Crippen LogP contribution >= 0.6 is 35.4 Å². The van der Waals surface area contributed by atoms with Gasteiger partial charge >= 0.3 is 0 Å². The molecular weight excluding hydrogens is 529 g/mol. The monoisotopic (exact) mass is 547 g/mol. The molecule has 0 bridgehead atoms. The zero-order valence-corrected chi connectivity index (χ0v) is 21.7. The number of hydrogen-bond acceptors (Lipinski definition) is 5. The van der Waals surface area contributed by atoms with Gasteiger partial charge in [-0.1, -0.05) is 29.3 Å².